The van der Waals surface area contributed by atoms with Crippen LogP contribution in [0.2, 0.25) is 5.02 Å². The van der Waals surface area contributed by atoms with Crippen LogP contribution in [0.5, 0.6) is 0 Å². The van der Waals surface area contributed by atoms with E-state index in [1.54, 1.807) is 12.1 Å². The molecule has 0 radical (unpaired) electrons. The van der Waals surface area contributed by atoms with E-state index in [2.05, 4.69) is 16.5 Å². The number of halogens is 1. The van der Waals surface area contributed by atoms with Gasteiger partial charge in [0, 0.05) is 54.8 Å². The van der Waals surface area contributed by atoms with Crippen molar-refractivity contribution in [1.82, 2.24) is 19.5 Å². The fraction of sp³-hybridized carbons (Fsp3) is 0.481. The summed E-state index contributed by atoms with van der Waals surface area (Å²) in [5.41, 5.74) is 10.2. The van der Waals surface area contributed by atoms with E-state index in [0.717, 1.165) is 67.2 Å². The lowest BCUT2D eigenvalue weighted by Crippen LogP contribution is -2.39. The Morgan fingerprint density at radius 2 is 1.97 bits per heavy atom. The Labute approximate surface area is 239 Å². The van der Waals surface area contributed by atoms with Crippen LogP contribution in [0.15, 0.2) is 30.5 Å². The lowest BCUT2D eigenvalue weighted by atomic mass is 9.98. The third-order valence-corrected chi connectivity index (χ3v) is 7.34. The number of carboxylic acid groups (broad SMARTS) is 1. The van der Waals surface area contributed by atoms with Gasteiger partial charge in [0.05, 0.1) is 23.0 Å². The molecule has 0 saturated carbocycles. The lowest BCUT2D eigenvalue weighted by molar-refractivity contribution is -0.122. The number of fused-ring (bicyclic) bond motifs is 1. The van der Waals surface area contributed by atoms with Gasteiger partial charge in [0.1, 0.15) is 5.82 Å². The van der Waals surface area contributed by atoms with Gasteiger partial charge in [-0.25, -0.2) is 9.50 Å². The number of piperidine rings is 1. The molecule has 4 N–H and O–H groups in total. The molecule has 2 aliphatic rings. The lowest BCUT2D eigenvalue weighted by Gasteiger charge is -2.35. The van der Waals surface area contributed by atoms with Crippen LogP contribution >= 0.6 is 23.5 Å². The maximum atomic E-state index is 13.7. The summed E-state index contributed by atoms with van der Waals surface area (Å²) in [6, 6.07) is 7.51. The van der Waals surface area contributed by atoms with Crippen LogP contribution in [0.25, 0.3) is 5.65 Å². The minimum absolute atomic E-state index is 0.0308. The molecule has 5 rings (SSSR count). The number of anilines is 2. The Morgan fingerprint density at radius 1 is 1.23 bits per heavy atom. The van der Waals surface area contributed by atoms with Crippen molar-refractivity contribution in [2.75, 3.05) is 35.5 Å². The van der Waals surface area contributed by atoms with E-state index >= 15 is 0 Å². The fourth-order valence-electron chi connectivity index (χ4n) is 5.01. The van der Waals surface area contributed by atoms with E-state index in [4.69, 9.17) is 37.3 Å². The molecule has 4 heterocycles. The zero-order chi connectivity index (χ0) is 28.5. The second-order valence-electron chi connectivity index (χ2n) is 9.23. The fourth-order valence-corrected chi connectivity index (χ4v) is 5.58. The number of hydrogen-bond acceptors (Lipinski definition) is 8. The predicted molar refractivity (Wildman–Crippen MR) is 159 cm³/mol. The average Bonchev–Trinajstić information content (AvgIpc) is 3.56. The van der Waals surface area contributed by atoms with Gasteiger partial charge >= 0.3 is 0 Å². The molecule has 2 aliphatic heterocycles. The first-order chi connectivity index (χ1) is 18.9. The van der Waals surface area contributed by atoms with Gasteiger partial charge in [-0.1, -0.05) is 37.4 Å². The molecule has 3 aromatic rings. The zero-order valence-corrected chi connectivity index (χ0v) is 24.5. The van der Waals surface area contributed by atoms with Gasteiger partial charge in [-0.3, -0.25) is 9.59 Å². The molecule has 2 unspecified atom stereocenters. The number of likely N-dealkylation sites (tertiary alicyclic amines) is 1. The zero-order valence-electron chi connectivity index (χ0n) is 22.9. The van der Waals surface area contributed by atoms with Crippen molar-refractivity contribution >= 4 is 53.1 Å². The number of nitrogens with two attached hydrogens (primary N) is 1. The van der Waals surface area contributed by atoms with Gasteiger partial charge in [-0.2, -0.15) is 5.10 Å². The number of nitrogens with one attached hydrogen (secondary N) is 1. The average molecular weight is 576 g/mol. The number of amides is 1. The molecular weight excluding hydrogens is 538 g/mol. The molecule has 1 amide bonds. The number of benzene rings is 1. The van der Waals surface area contributed by atoms with E-state index in [-0.39, 0.29) is 24.5 Å². The molecule has 2 saturated heterocycles. The van der Waals surface area contributed by atoms with Crippen LogP contribution in [0, 0.1) is 6.92 Å². The number of aryl methyl sites for hydroxylation is 1. The third kappa shape index (κ3) is 7.14. The van der Waals surface area contributed by atoms with Crippen LogP contribution in [0.1, 0.15) is 67.2 Å². The van der Waals surface area contributed by atoms with Gasteiger partial charge < -0.3 is 25.4 Å². The highest BCUT2D eigenvalue weighted by molar-refractivity contribution is 7.99. The summed E-state index contributed by atoms with van der Waals surface area (Å²) in [5, 5.41) is 12.3. The van der Waals surface area contributed by atoms with Crippen LogP contribution in [-0.4, -0.2) is 68.9 Å². The van der Waals surface area contributed by atoms with Crippen molar-refractivity contribution < 1.29 is 14.7 Å². The SMILES string of the molecule is CC.CSNc1ccc(Cl)cc1C(=O)N1CCCCC1c1cc2nc(N3CCC(N)C3)c(C)cn2n1.O=CO. The summed E-state index contributed by atoms with van der Waals surface area (Å²) < 4.78 is 5.04. The first-order valence-corrected chi connectivity index (χ1v) is 14.8. The Hall–Kier alpha value is -3.02. The highest BCUT2D eigenvalue weighted by Gasteiger charge is 2.32. The van der Waals surface area contributed by atoms with Crippen molar-refractivity contribution in [3.8, 4) is 0 Å². The number of rotatable bonds is 5. The van der Waals surface area contributed by atoms with E-state index in [0.29, 0.717) is 17.1 Å². The number of aromatic nitrogens is 3. The molecule has 39 heavy (non-hydrogen) atoms. The van der Waals surface area contributed by atoms with E-state index < -0.39 is 0 Å². The summed E-state index contributed by atoms with van der Waals surface area (Å²) in [5.74, 6) is 0.937. The van der Waals surface area contributed by atoms with Crippen LogP contribution < -0.4 is 15.4 Å². The number of nitrogens with zero attached hydrogens (tertiary/aromatic N) is 5. The van der Waals surface area contributed by atoms with Gasteiger partial charge in [-0.15, -0.1) is 0 Å². The van der Waals surface area contributed by atoms with Crippen molar-refractivity contribution in [2.45, 2.75) is 58.5 Å². The Bertz CT molecular complexity index is 1270. The molecule has 1 aromatic carbocycles. The van der Waals surface area contributed by atoms with Gasteiger partial charge in [-0.05, 0) is 50.8 Å². The maximum Gasteiger partial charge on any atom is 0.290 e. The van der Waals surface area contributed by atoms with Crippen LogP contribution in [-0.2, 0) is 4.79 Å². The molecular formula is C27H38ClN7O3S. The molecule has 12 heteroatoms. The van der Waals surface area contributed by atoms with E-state index in [9.17, 15) is 4.79 Å². The monoisotopic (exact) mass is 575 g/mol. The van der Waals surface area contributed by atoms with Crippen molar-refractivity contribution in [2.24, 2.45) is 5.73 Å². The summed E-state index contributed by atoms with van der Waals surface area (Å²) >= 11 is 7.71. The van der Waals surface area contributed by atoms with E-state index in [1.807, 2.05) is 47.8 Å². The summed E-state index contributed by atoms with van der Waals surface area (Å²) in [7, 11) is 0. The second kappa shape index (κ2) is 14.4. The standard InChI is InChI=1S/C24H30ClN7OS.C2H6.CH2O2/c1-15-13-32-22(27-23(15)30-10-8-17(26)14-30)12-20(28-32)21-5-3-4-9-31(21)24(33)18-11-16(25)6-7-19(18)29-34-2;1-2;2-1-3/h6-7,11-13,17,21,29H,3-5,8-10,14,26H2,1-2H3;1-2H3;1H,(H,2,3). The number of hydrogen-bond donors (Lipinski definition) is 3. The van der Waals surface area contributed by atoms with Crippen LogP contribution in [0.3, 0.4) is 0 Å². The summed E-state index contributed by atoms with van der Waals surface area (Å²) in [4.78, 5) is 31.2. The van der Waals surface area contributed by atoms with Gasteiger partial charge in [0.2, 0.25) is 0 Å². The van der Waals surface area contributed by atoms with E-state index in [1.165, 1.54) is 11.9 Å². The van der Waals surface area contributed by atoms with Gasteiger partial charge in [0.25, 0.3) is 12.4 Å². The summed E-state index contributed by atoms with van der Waals surface area (Å²) in [6.07, 6.45) is 7.83. The summed E-state index contributed by atoms with van der Waals surface area (Å²) in [6.45, 7) is 8.24. The van der Waals surface area contributed by atoms with Crippen molar-refractivity contribution in [3.63, 3.8) is 0 Å². The molecule has 0 spiro atoms. The largest absolute Gasteiger partial charge is 0.483 e. The molecule has 0 aliphatic carbocycles. The molecule has 212 valence electrons. The van der Waals surface area contributed by atoms with Gasteiger partial charge in [0.15, 0.2) is 5.65 Å². The smallest absolute Gasteiger partial charge is 0.290 e. The normalized spacial score (nSPS) is 18.6. The van der Waals surface area contributed by atoms with Crippen LogP contribution in [0.4, 0.5) is 11.5 Å². The molecule has 10 nitrogen and oxygen atoms in total. The third-order valence-electron chi connectivity index (χ3n) is 6.68. The minimum Gasteiger partial charge on any atom is -0.483 e. The topological polar surface area (TPSA) is 129 Å². The first-order valence-electron chi connectivity index (χ1n) is 13.2. The molecule has 2 aromatic heterocycles. The minimum atomic E-state index is -0.250. The molecule has 2 fully saturated rings. The highest BCUT2D eigenvalue weighted by Crippen LogP contribution is 2.34. The maximum absolute atomic E-state index is 13.7. The second-order valence-corrected chi connectivity index (χ2v) is 10.3. The Morgan fingerprint density at radius 3 is 2.64 bits per heavy atom. The predicted octanol–water partition coefficient (Wildman–Crippen LogP) is 5.01. The van der Waals surface area contributed by atoms with Crippen molar-refractivity contribution in [3.05, 3.63) is 52.3 Å². The molecule has 2 atom stereocenters. The highest BCUT2D eigenvalue weighted by atomic mass is 35.5. The molecule has 0 bridgehead atoms. The first kappa shape index (κ1) is 30.5. The van der Waals surface area contributed by atoms with Crippen molar-refractivity contribution in [1.29, 1.82) is 0 Å². The Balaban J connectivity index is 0.000000787. The number of carbonyl (C=O) groups excluding carboxylic acids is 1. The quantitative estimate of drug-likeness (QED) is 0.284. The Kier molecular flexibility index (Phi) is 11.3. The number of carbonyl (C=O) groups is 2.